The molecule has 2 heterocycles. The van der Waals surface area contributed by atoms with Crippen molar-refractivity contribution in [2.75, 3.05) is 27.2 Å². The van der Waals surface area contributed by atoms with E-state index in [1.807, 2.05) is 6.20 Å². The molecular weight excluding hydrogens is 188 g/mol. The van der Waals surface area contributed by atoms with Crippen LogP contribution in [0.2, 0.25) is 0 Å². The third-order valence-corrected chi connectivity index (χ3v) is 3.17. The van der Waals surface area contributed by atoms with Crippen LogP contribution in [0.25, 0.3) is 0 Å². The zero-order valence-electron chi connectivity index (χ0n) is 9.48. The second kappa shape index (κ2) is 4.77. The predicted molar refractivity (Wildman–Crippen MR) is 61.8 cm³/mol. The Hall–Kier alpha value is -0.870. The lowest BCUT2D eigenvalue weighted by molar-refractivity contribution is 0.107. The zero-order chi connectivity index (χ0) is 10.7. The molecule has 0 aliphatic carbocycles. The number of piperidine rings is 1. The maximum absolute atomic E-state index is 3.90. The van der Waals surface area contributed by atoms with E-state index in [0.717, 1.165) is 13.1 Å². The Bertz CT molecular complexity index is 259. The van der Waals surface area contributed by atoms with Gasteiger partial charge in [-0.25, -0.2) is 4.99 Å². The van der Waals surface area contributed by atoms with Crippen LogP contribution in [0.15, 0.2) is 17.3 Å². The molecule has 0 saturated carbocycles. The quantitative estimate of drug-likeness (QED) is 0.709. The van der Waals surface area contributed by atoms with Gasteiger partial charge in [0.25, 0.3) is 0 Å². The summed E-state index contributed by atoms with van der Waals surface area (Å²) in [6, 6.07) is 0.674. The number of hydrogen-bond acceptors (Lipinski definition) is 4. The van der Waals surface area contributed by atoms with Gasteiger partial charge in [-0.1, -0.05) is 0 Å². The Kier molecular flexibility index (Phi) is 3.38. The highest BCUT2D eigenvalue weighted by Gasteiger charge is 2.25. The third-order valence-electron chi connectivity index (χ3n) is 3.17. The molecule has 2 rings (SSSR count). The Morgan fingerprint density at radius 3 is 3.07 bits per heavy atom. The highest BCUT2D eigenvalue weighted by Crippen LogP contribution is 2.16. The summed E-state index contributed by atoms with van der Waals surface area (Å²) in [5, 5.41) is 3.15. The Balaban J connectivity index is 1.92. The summed E-state index contributed by atoms with van der Waals surface area (Å²) in [6.45, 7) is 2.28. The standard InChI is InChI=1S/C11H19N4/c1-14(2)10-4-3-7-15(8-10)11-5-6-12-9-13-11/h5-6,10-11H,3-4,7-8H2,1-2H3,(H,12,13). The molecule has 0 spiro atoms. The van der Waals surface area contributed by atoms with Gasteiger partial charge in [-0.3, -0.25) is 4.90 Å². The molecule has 0 aromatic carbocycles. The van der Waals surface area contributed by atoms with Crippen LogP contribution in [0.1, 0.15) is 12.8 Å². The van der Waals surface area contributed by atoms with Gasteiger partial charge in [0.15, 0.2) is 6.34 Å². The molecule has 4 heteroatoms. The second-order valence-electron chi connectivity index (χ2n) is 4.43. The van der Waals surface area contributed by atoms with Crippen LogP contribution in [0.3, 0.4) is 0 Å². The van der Waals surface area contributed by atoms with Crippen molar-refractivity contribution in [1.29, 1.82) is 0 Å². The summed E-state index contributed by atoms with van der Waals surface area (Å²) in [5.41, 5.74) is 0. The van der Waals surface area contributed by atoms with Gasteiger partial charge in [0, 0.05) is 25.3 Å². The van der Waals surface area contributed by atoms with Crippen LogP contribution in [0.5, 0.6) is 0 Å². The molecule has 0 amide bonds. The zero-order valence-corrected chi connectivity index (χ0v) is 9.48. The molecule has 0 bridgehead atoms. The number of likely N-dealkylation sites (tertiary alicyclic amines) is 1. The number of nitrogens with one attached hydrogen (secondary N) is 1. The highest BCUT2D eigenvalue weighted by molar-refractivity contribution is 5.57. The molecule has 0 aromatic rings. The summed E-state index contributed by atoms with van der Waals surface area (Å²) >= 11 is 0. The molecule has 1 saturated heterocycles. The van der Waals surface area contributed by atoms with E-state index in [4.69, 9.17) is 0 Å². The fourth-order valence-electron chi connectivity index (χ4n) is 2.18. The fraction of sp³-hybridized carbons (Fsp3) is 0.727. The summed E-state index contributed by atoms with van der Waals surface area (Å²) in [6.07, 6.45) is 9.58. The molecule has 83 valence electrons. The summed E-state index contributed by atoms with van der Waals surface area (Å²) in [5.74, 6) is 0. The molecule has 2 aliphatic heterocycles. The molecule has 1 fully saturated rings. The molecule has 2 aliphatic rings. The number of nitrogens with zero attached hydrogens (tertiary/aromatic N) is 3. The first-order valence-corrected chi connectivity index (χ1v) is 5.55. The maximum Gasteiger partial charge on any atom is 0.170 e. The Morgan fingerprint density at radius 2 is 2.40 bits per heavy atom. The van der Waals surface area contributed by atoms with Crippen LogP contribution < -0.4 is 5.32 Å². The number of hydrogen-bond donors (Lipinski definition) is 1. The van der Waals surface area contributed by atoms with E-state index in [1.165, 1.54) is 12.8 Å². The van der Waals surface area contributed by atoms with Crippen molar-refractivity contribution in [3.05, 3.63) is 12.3 Å². The van der Waals surface area contributed by atoms with Gasteiger partial charge in [-0.05, 0) is 33.0 Å². The molecule has 1 radical (unpaired) electrons. The van der Waals surface area contributed by atoms with Crippen LogP contribution in [-0.2, 0) is 0 Å². The molecule has 15 heavy (non-hydrogen) atoms. The number of rotatable bonds is 2. The molecule has 2 unspecified atom stereocenters. The average Bonchev–Trinajstić information content (AvgIpc) is 2.30. The van der Waals surface area contributed by atoms with Gasteiger partial charge in [0.05, 0.1) is 0 Å². The summed E-state index contributed by atoms with van der Waals surface area (Å²) in [4.78, 5) is 8.66. The SMILES string of the molecule is CN(C)C1CCCN(C2C=CN=[C]N2)C1. The summed E-state index contributed by atoms with van der Waals surface area (Å²) in [7, 11) is 4.32. The summed E-state index contributed by atoms with van der Waals surface area (Å²) < 4.78 is 0. The van der Waals surface area contributed by atoms with Gasteiger partial charge in [-0.15, -0.1) is 0 Å². The normalized spacial score (nSPS) is 31.9. The van der Waals surface area contributed by atoms with Gasteiger partial charge in [0.2, 0.25) is 0 Å². The minimum Gasteiger partial charge on any atom is -0.348 e. The molecule has 0 aromatic heterocycles. The number of likely N-dealkylation sites (N-methyl/N-ethyl adjacent to an activating group) is 1. The van der Waals surface area contributed by atoms with Crippen LogP contribution in [-0.4, -0.2) is 55.5 Å². The van der Waals surface area contributed by atoms with Crippen molar-refractivity contribution >= 4 is 6.34 Å². The van der Waals surface area contributed by atoms with Gasteiger partial charge in [-0.2, -0.15) is 0 Å². The lowest BCUT2D eigenvalue weighted by Gasteiger charge is -2.39. The van der Waals surface area contributed by atoms with E-state index in [2.05, 4.69) is 46.6 Å². The first kappa shape index (κ1) is 10.6. The van der Waals surface area contributed by atoms with Crippen molar-refractivity contribution in [3.63, 3.8) is 0 Å². The van der Waals surface area contributed by atoms with Crippen molar-refractivity contribution < 1.29 is 0 Å². The topological polar surface area (TPSA) is 30.9 Å². The lowest BCUT2D eigenvalue weighted by atomic mass is 10.0. The molecule has 2 atom stereocenters. The van der Waals surface area contributed by atoms with E-state index >= 15 is 0 Å². The highest BCUT2D eigenvalue weighted by atomic mass is 15.3. The fourth-order valence-corrected chi connectivity index (χ4v) is 2.18. The van der Waals surface area contributed by atoms with Crippen molar-refractivity contribution in [2.45, 2.75) is 25.0 Å². The van der Waals surface area contributed by atoms with Gasteiger partial charge in [0.1, 0.15) is 6.17 Å². The monoisotopic (exact) mass is 207 g/mol. The van der Waals surface area contributed by atoms with Crippen molar-refractivity contribution in [3.8, 4) is 0 Å². The molecular formula is C11H19N4. The van der Waals surface area contributed by atoms with Gasteiger partial charge >= 0.3 is 0 Å². The lowest BCUT2D eigenvalue weighted by Crippen LogP contribution is -2.53. The van der Waals surface area contributed by atoms with E-state index in [1.54, 1.807) is 0 Å². The van der Waals surface area contributed by atoms with Crippen LogP contribution >= 0.6 is 0 Å². The maximum atomic E-state index is 3.90. The average molecular weight is 207 g/mol. The largest absolute Gasteiger partial charge is 0.348 e. The van der Waals surface area contributed by atoms with Gasteiger partial charge < -0.3 is 10.2 Å². The van der Waals surface area contributed by atoms with Crippen LogP contribution in [0.4, 0.5) is 0 Å². The third kappa shape index (κ3) is 2.58. The van der Waals surface area contributed by atoms with Crippen molar-refractivity contribution in [2.24, 2.45) is 4.99 Å². The Labute approximate surface area is 91.7 Å². The number of aliphatic imine (C=N–C) groups is 1. The molecule has 4 nitrogen and oxygen atoms in total. The first-order chi connectivity index (χ1) is 7.27. The minimum atomic E-state index is 0.283. The Morgan fingerprint density at radius 1 is 1.53 bits per heavy atom. The molecule has 1 N–H and O–H groups in total. The first-order valence-electron chi connectivity index (χ1n) is 5.55. The van der Waals surface area contributed by atoms with Crippen LogP contribution in [0, 0.1) is 0 Å². The van der Waals surface area contributed by atoms with E-state index in [-0.39, 0.29) is 6.17 Å². The minimum absolute atomic E-state index is 0.283. The predicted octanol–water partition coefficient (Wildman–Crippen LogP) is 0.361. The van der Waals surface area contributed by atoms with Crippen molar-refractivity contribution in [1.82, 2.24) is 15.1 Å². The second-order valence-corrected chi connectivity index (χ2v) is 4.43. The van der Waals surface area contributed by atoms with E-state index < -0.39 is 0 Å². The van der Waals surface area contributed by atoms with E-state index in [0.29, 0.717) is 6.04 Å². The van der Waals surface area contributed by atoms with E-state index in [9.17, 15) is 0 Å². The smallest absolute Gasteiger partial charge is 0.170 e.